The normalized spacial score (nSPS) is 19.8. The topological polar surface area (TPSA) is 60.8 Å². The number of aromatic nitrogens is 1. The van der Waals surface area contributed by atoms with Gasteiger partial charge in [-0.1, -0.05) is 6.07 Å². The molecule has 0 bridgehead atoms. The number of carbonyl (C=O) groups is 2. The number of hydrogen-bond donors (Lipinski definition) is 0. The number of hydrogen-bond acceptors (Lipinski definition) is 4. The van der Waals surface area contributed by atoms with Gasteiger partial charge in [0, 0.05) is 29.4 Å². The summed E-state index contributed by atoms with van der Waals surface area (Å²) in [5.41, 5.74) is 7.78. The van der Waals surface area contributed by atoms with E-state index in [1.54, 1.807) is 11.8 Å². The van der Waals surface area contributed by atoms with Gasteiger partial charge in [0.05, 0.1) is 30.9 Å². The van der Waals surface area contributed by atoms with Crippen LogP contribution in [0.4, 0.5) is 0 Å². The van der Waals surface area contributed by atoms with Crippen LogP contribution in [-0.4, -0.2) is 47.7 Å². The third-order valence-electron chi connectivity index (χ3n) is 6.55. The Labute approximate surface area is 195 Å². The fourth-order valence-corrected chi connectivity index (χ4v) is 5.01. The van der Waals surface area contributed by atoms with Gasteiger partial charge in [0.25, 0.3) is 5.91 Å². The lowest BCUT2D eigenvalue weighted by Gasteiger charge is -2.21. The van der Waals surface area contributed by atoms with Crippen LogP contribution in [-0.2, 0) is 19.1 Å². The van der Waals surface area contributed by atoms with Crippen LogP contribution in [0.25, 0.3) is 11.8 Å². The molecule has 3 heterocycles. The lowest BCUT2D eigenvalue weighted by molar-refractivity contribution is -0.136. The molecule has 6 nitrogen and oxygen atoms in total. The highest BCUT2D eigenvalue weighted by Crippen LogP contribution is 2.34. The molecule has 1 atom stereocenters. The number of allylic oxidation sites excluding steroid dienone is 1. The molecule has 0 spiro atoms. The minimum atomic E-state index is -0.495. The summed E-state index contributed by atoms with van der Waals surface area (Å²) in [5, 5.41) is 0. The number of amides is 1. The first kappa shape index (κ1) is 23.1. The second-order valence-electron chi connectivity index (χ2n) is 9.07. The Morgan fingerprint density at radius 1 is 1.12 bits per heavy atom. The molecule has 0 radical (unpaired) electrons. The fourth-order valence-electron chi connectivity index (χ4n) is 5.01. The Morgan fingerprint density at radius 3 is 2.42 bits per heavy atom. The van der Waals surface area contributed by atoms with E-state index in [9.17, 15) is 9.59 Å². The van der Waals surface area contributed by atoms with Gasteiger partial charge in [0.2, 0.25) is 0 Å². The van der Waals surface area contributed by atoms with Crippen molar-refractivity contribution in [2.45, 2.75) is 53.6 Å². The summed E-state index contributed by atoms with van der Waals surface area (Å²) in [6.07, 6.45) is 3.74. The van der Waals surface area contributed by atoms with Crippen LogP contribution in [0.1, 0.15) is 47.8 Å². The summed E-state index contributed by atoms with van der Waals surface area (Å²) in [6, 6.07) is 8.51. The van der Waals surface area contributed by atoms with E-state index in [1.165, 1.54) is 18.2 Å². The average Bonchev–Trinajstić information content (AvgIpc) is 3.42. The van der Waals surface area contributed by atoms with E-state index in [1.807, 2.05) is 13.0 Å². The van der Waals surface area contributed by atoms with E-state index < -0.39 is 5.97 Å². The molecule has 1 aromatic heterocycles. The van der Waals surface area contributed by atoms with Gasteiger partial charge in [0.1, 0.15) is 0 Å². The van der Waals surface area contributed by atoms with Crippen molar-refractivity contribution in [1.29, 1.82) is 0 Å². The van der Waals surface area contributed by atoms with Crippen LogP contribution >= 0.6 is 0 Å². The van der Waals surface area contributed by atoms with E-state index in [2.05, 4.69) is 49.6 Å². The molecule has 1 saturated heterocycles. The molecule has 0 unspecified atom stereocenters. The zero-order valence-electron chi connectivity index (χ0n) is 20.3. The Bertz CT molecular complexity index is 1160. The molecule has 0 aliphatic carbocycles. The van der Waals surface area contributed by atoms with Gasteiger partial charge in [-0.3, -0.25) is 4.79 Å². The van der Waals surface area contributed by atoms with Gasteiger partial charge in [-0.25, -0.2) is 4.79 Å². The maximum atomic E-state index is 13.4. The van der Waals surface area contributed by atoms with Gasteiger partial charge in [-0.15, -0.1) is 0 Å². The van der Waals surface area contributed by atoms with Crippen LogP contribution in [0.5, 0.6) is 0 Å². The van der Waals surface area contributed by atoms with E-state index in [4.69, 9.17) is 9.47 Å². The highest BCUT2D eigenvalue weighted by molar-refractivity contribution is 6.16. The number of nitrogens with zero attached hydrogens (tertiary/aromatic N) is 2. The van der Waals surface area contributed by atoms with E-state index in [0.29, 0.717) is 30.0 Å². The molecule has 1 amide bonds. The van der Waals surface area contributed by atoms with Crippen LogP contribution in [0.2, 0.25) is 0 Å². The van der Waals surface area contributed by atoms with Gasteiger partial charge in [-0.2, -0.15) is 0 Å². The van der Waals surface area contributed by atoms with Gasteiger partial charge in [0.15, 0.2) is 0 Å². The van der Waals surface area contributed by atoms with Gasteiger partial charge >= 0.3 is 5.97 Å². The Hall–Kier alpha value is -3.12. The standard InChI is InChI=1S/C27H32N2O4/c1-16-10-17(2)12-22(11-16)29-18(3)13-21(19(29)4)14-24-25(27(31)32-6)20(5)28(26(24)30)15-23-8-7-9-33-23/h10-14,23H,7-9,15H2,1-6H3/b24-14-/t23-/m0/s1. The summed E-state index contributed by atoms with van der Waals surface area (Å²) in [4.78, 5) is 27.8. The van der Waals surface area contributed by atoms with Crippen LogP contribution in [0.15, 0.2) is 41.1 Å². The van der Waals surface area contributed by atoms with Crippen molar-refractivity contribution in [3.05, 3.63) is 69.2 Å². The summed E-state index contributed by atoms with van der Waals surface area (Å²) >= 11 is 0. The number of methoxy groups -OCH3 is 1. The molecular formula is C27H32N2O4. The molecule has 2 aliphatic heterocycles. The number of esters is 1. The van der Waals surface area contributed by atoms with Crippen LogP contribution in [0, 0.1) is 27.7 Å². The lowest BCUT2D eigenvalue weighted by Crippen LogP contribution is -2.33. The predicted octanol–water partition coefficient (Wildman–Crippen LogP) is 4.56. The van der Waals surface area contributed by atoms with Crippen molar-refractivity contribution in [1.82, 2.24) is 9.47 Å². The summed E-state index contributed by atoms with van der Waals surface area (Å²) in [6.45, 7) is 11.2. The molecular weight excluding hydrogens is 416 g/mol. The first-order valence-corrected chi connectivity index (χ1v) is 11.4. The average molecular weight is 449 g/mol. The SMILES string of the molecule is COC(=O)C1=C(C)N(C[C@@H]2CCCO2)C(=O)/C1=C\c1cc(C)n(-c2cc(C)cc(C)c2)c1C. The number of carbonyl (C=O) groups excluding carboxylic acids is 2. The van der Waals surface area contributed by atoms with Crippen molar-refractivity contribution < 1.29 is 19.1 Å². The predicted molar refractivity (Wildman–Crippen MR) is 128 cm³/mol. The molecule has 2 aromatic rings. The molecule has 174 valence electrons. The third kappa shape index (κ3) is 4.27. The quantitative estimate of drug-likeness (QED) is 0.497. The highest BCUT2D eigenvalue weighted by atomic mass is 16.5. The number of rotatable bonds is 5. The zero-order valence-corrected chi connectivity index (χ0v) is 20.3. The fraction of sp³-hybridized carbons (Fsp3) is 0.407. The van der Waals surface area contributed by atoms with E-state index in [0.717, 1.165) is 35.5 Å². The maximum Gasteiger partial charge on any atom is 0.340 e. The van der Waals surface area contributed by atoms with Crippen molar-refractivity contribution in [2.24, 2.45) is 0 Å². The van der Waals surface area contributed by atoms with Gasteiger partial charge < -0.3 is 18.9 Å². The summed E-state index contributed by atoms with van der Waals surface area (Å²) < 4.78 is 13.0. The summed E-state index contributed by atoms with van der Waals surface area (Å²) in [5.74, 6) is -0.676. The molecule has 1 fully saturated rings. The van der Waals surface area contributed by atoms with E-state index >= 15 is 0 Å². The second-order valence-corrected chi connectivity index (χ2v) is 9.07. The number of aryl methyl sites for hydroxylation is 3. The van der Waals surface area contributed by atoms with Crippen molar-refractivity contribution in [3.63, 3.8) is 0 Å². The Balaban J connectivity index is 1.77. The van der Waals surface area contributed by atoms with Crippen molar-refractivity contribution in [2.75, 3.05) is 20.3 Å². The number of ether oxygens (including phenoxy) is 2. The molecule has 6 heteroatoms. The minimum Gasteiger partial charge on any atom is -0.465 e. The molecule has 4 rings (SSSR count). The largest absolute Gasteiger partial charge is 0.465 e. The third-order valence-corrected chi connectivity index (χ3v) is 6.55. The number of benzene rings is 1. The Morgan fingerprint density at radius 2 is 1.82 bits per heavy atom. The monoisotopic (exact) mass is 448 g/mol. The van der Waals surface area contributed by atoms with Crippen molar-refractivity contribution in [3.8, 4) is 5.69 Å². The summed E-state index contributed by atoms with van der Waals surface area (Å²) in [7, 11) is 1.35. The first-order chi connectivity index (χ1) is 15.7. The Kier molecular flexibility index (Phi) is 6.30. The maximum absolute atomic E-state index is 13.4. The molecule has 0 N–H and O–H groups in total. The van der Waals surface area contributed by atoms with Crippen LogP contribution in [0.3, 0.4) is 0 Å². The first-order valence-electron chi connectivity index (χ1n) is 11.4. The molecule has 0 saturated carbocycles. The molecule has 33 heavy (non-hydrogen) atoms. The second kappa shape index (κ2) is 9.02. The molecule has 2 aliphatic rings. The zero-order chi connectivity index (χ0) is 23.9. The lowest BCUT2D eigenvalue weighted by atomic mass is 10.0. The van der Waals surface area contributed by atoms with Crippen LogP contribution < -0.4 is 0 Å². The van der Waals surface area contributed by atoms with Gasteiger partial charge in [-0.05, 0) is 88.4 Å². The highest BCUT2D eigenvalue weighted by Gasteiger charge is 2.38. The minimum absolute atomic E-state index is 0.00299. The van der Waals surface area contributed by atoms with Crippen molar-refractivity contribution >= 4 is 18.0 Å². The molecule has 1 aromatic carbocycles. The van der Waals surface area contributed by atoms with E-state index in [-0.39, 0.29) is 12.0 Å². The smallest absolute Gasteiger partial charge is 0.340 e.